The predicted molar refractivity (Wildman–Crippen MR) is 358 cm³/mol. The van der Waals surface area contributed by atoms with Crippen LogP contribution in [0.5, 0.6) is 0 Å². The lowest BCUT2D eigenvalue weighted by atomic mass is 10.1. The van der Waals surface area contributed by atoms with E-state index in [1.54, 1.807) is 0 Å². The van der Waals surface area contributed by atoms with Crippen molar-refractivity contribution in [3.05, 3.63) is 97.2 Å². The van der Waals surface area contributed by atoms with Gasteiger partial charge in [0.05, 0.1) is 19.8 Å². The van der Waals surface area contributed by atoms with Gasteiger partial charge in [0.1, 0.15) is 12.7 Å². The van der Waals surface area contributed by atoms with Gasteiger partial charge in [0.15, 0.2) is 19.1 Å². The van der Waals surface area contributed by atoms with Crippen LogP contribution in [0.1, 0.15) is 259 Å². The van der Waals surface area contributed by atoms with Crippen molar-refractivity contribution in [1.29, 1.82) is 0 Å². The Hall–Kier alpha value is -4.02. The topological polar surface area (TPSA) is 237 Å². The van der Waals surface area contributed by atoms with Crippen LogP contribution in [0.4, 0.5) is 0 Å². The molecule has 0 saturated carbocycles. The first kappa shape index (κ1) is 85.0. The molecular weight excluding hydrogens is 1170 g/mol. The first-order valence-electron chi connectivity index (χ1n) is 33.8. The quantitative estimate of drug-likeness (QED) is 0.0128. The summed E-state index contributed by atoms with van der Waals surface area (Å²) in [6, 6.07) is 0. The number of carbonyl (C=O) groups is 4. The average Bonchev–Trinajstić information content (AvgIpc) is 3.58. The number of aliphatic hydroxyl groups is 1. The maximum absolute atomic E-state index is 13.1. The lowest BCUT2D eigenvalue weighted by Crippen LogP contribution is -2.30. The van der Waals surface area contributed by atoms with Gasteiger partial charge in [0.25, 0.3) is 0 Å². The van der Waals surface area contributed by atoms with E-state index in [0.29, 0.717) is 31.6 Å². The Bertz CT molecular complexity index is 2100. The molecule has 3 N–H and O–H groups in total. The fourth-order valence-electron chi connectivity index (χ4n) is 8.40. The first-order chi connectivity index (χ1) is 43.1. The standard InChI is InChI=1S/C70H120O17P2/c1-6-10-13-16-19-22-25-27-29-34-38-43-48-53-66(72)80-59-65(86-68(74)55-50-45-40-33-24-21-18-15-12-8-3)60-85-89(78,79)84-58-64(71)57-83-88(76,77)62-82-70(87-69(75)56-51-46-41-35-30-28-26-23-20-17-14-11-7-2)61-81-67(73)54-49-44-39-36-31-32-37-42-47-52-63(5)9-4/h8,12,16-21,25-28,32,37,47,52,63-65,70-71H,6-7,9-11,13-15,22-24,29-31,33-36,38-46,48-51,53-62H2,1-5H3,(H,76,77)(H,78,79)/b12-8-,19-16-,20-17-,21-18-,27-25-,28-26-,37-32-,52-47-. The molecule has 0 spiro atoms. The summed E-state index contributed by atoms with van der Waals surface area (Å²) in [5.41, 5.74) is 0. The molecule has 17 nitrogen and oxygen atoms in total. The normalized spacial score (nSPS) is 15.1. The molecule has 0 aliphatic rings. The molecule has 0 rings (SSSR count). The molecule has 0 fully saturated rings. The molecule has 0 aromatic heterocycles. The van der Waals surface area contributed by atoms with Crippen LogP contribution in [0.15, 0.2) is 97.2 Å². The SMILES string of the molecule is C/C=C\C/C=C\CCCCCCC(=O)OC(COC(=O)CCCCCC/C=C\C/C=C\CCCC)COP(=O)(O)OCC(O)COP(=O)(O)COC(COC(=O)CCCCCC/C=C\C/C=C\C(C)CC)OC(=O)CCCCCC/C=C\C/C=C\CCCC. The average molecular weight is 1300 g/mol. The molecule has 0 amide bonds. The third-order valence-corrected chi connectivity index (χ3v) is 16.0. The lowest BCUT2D eigenvalue weighted by Gasteiger charge is -2.22. The molecule has 89 heavy (non-hydrogen) atoms. The van der Waals surface area contributed by atoms with Crippen molar-refractivity contribution in [3.8, 4) is 0 Å². The van der Waals surface area contributed by atoms with E-state index in [4.69, 9.17) is 37.3 Å². The number of phosphoric ester groups is 1. The van der Waals surface area contributed by atoms with Crippen molar-refractivity contribution in [2.24, 2.45) is 5.92 Å². The number of aliphatic hydroxyl groups excluding tert-OH is 1. The van der Waals surface area contributed by atoms with E-state index in [9.17, 15) is 43.2 Å². The van der Waals surface area contributed by atoms with Crippen LogP contribution < -0.4 is 0 Å². The van der Waals surface area contributed by atoms with Gasteiger partial charge in [-0.3, -0.25) is 32.8 Å². The minimum absolute atomic E-state index is 0.0426. The summed E-state index contributed by atoms with van der Waals surface area (Å²) >= 11 is 0. The molecule has 6 atom stereocenters. The lowest BCUT2D eigenvalue weighted by molar-refractivity contribution is -0.191. The maximum Gasteiger partial charge on any atom is 0.472 e. The summed E-state index contributed by atoms with van der Waals surface area (Å²) in [5, 5.41) is 10.6. The summed E-state index contributed by atoms with van der Waals surface area (Å²) in [4.78, 5) is 72.4. The summed E-state index contributed by atoms with van der Waals surface area (Å²) in [6.07, 6.45) is 57.9. The number of hydrogen-bond acceptors (Lipinski definition) is 15. The summed E-state index contributed by atoms with van der Waals surface area (Å²) in [7, 11) is -9.66. The Morgan fingerprint density at radius 2 is 0.809 bits per heavy atom. The van der Waals surface area contributed by atoms with E-state index < -0.39 is 97.2 Å². The number of unbranched alkanes of at least 4 members (excludes halogenated alkanes) is 20. The van der Waals surface area contributed by atoms with Crippen LogP contribution in [0.25, 0.3) is 0 Å². The monoisotopic (exact) mass is 1290 g/mol. The van der Waals surface area contributed by atoms with Crippen molar-refractivity contribution in [2.75, 3.05) is 39.4 Å². The molecule has 0 aromatic carbocycles. The van der Waals surface area contributed by atoms with E-state index >= 15 is 0 Å². The van der Waals surface area contributed by atoms with E-state index in [1.165, 1.54) is 25.7 Å². The fraction of sp³-hybridized carbons (Fsp3) is 0.714. The minimum atomic E-state index is -4.97. The third-order valence-electron chi connectivity index (χ3n) is 14.0. The third kappa shape index (κ3) is 61.3. The van der Waals surface area contributed by atoms with Crippen molar-refractivity contribution in [2.45, 2.75) is 278 Å². The van der Waals surface area contributed by atoms with Gasteiger partial charge in [0.2, 0.25) is 6.29 Å². The Kier molecular flexibility index (Phi) is 58.7. The number of hydrogen-bond donors (Lipinski definition) is 3. The number of allylic oxidation sites excluding steroid dienone is 16. The Morgan fingerprint density at radius 3 is 1.26 bits per heavy atom. The van der Waals surface area contributed by atoms with E-state index in [2.05, 4.69) is 119 Å². The molecule has 512 valence electrons. The molecule has 0 aromatic rings. The summed E-state index contributed by atoms with van der Waals surface area (Å²) < 4.78 is 68.4. The molecule has 19 heteroatoms. The van der Waals surface area contributed by atoms with Gasteiger partial charge in [-0.2, -0.15) is 0 Å². The highest BCUT2D eigenvalue weighted by atomic mass is 31.2. The highest BCUT2D eigenvalue weighted by molar-refractivity contribution is 7.52. The maximum atomic E-state index is 13.1. The number of esters is 4. The summed E-state index contributed by atoms with van der Waals surface area (Å²) in [6.45, 7) is 7.24. The smallest absolute Gasteiger partial charge is 0.462 e. The van der Waals surface area contributed by atoms with Gasteiger partial charge in [-0.25, -0.2) is 4.57 Å². The number of rotatable bonds is 62. The van der Waals surface area contributed by atoms with Crippen LogP contribution in [0.3, 0.4) is 0 Å². The van der Waals surface area contributed by atoms with E-state index in [1.807, 2.05) is 13.0 Å². The Morgan fingerprint density at radius 1 is 0.427 bits per heavy atom. The van der Waals surface area contributed by atoms with E-state index in [0.717, 1.165) is 148 Å². The zero-order chi connectivity index (χ0) is 65.6. The molecule has 0 radical (unpaired) electrons. The van der Waals surface area contributed by atoms with Gasteiger partial charge in [-0.15, -0.1) is 0 Å². The molecule has 0 bridgehead atoms. The van der Waals surface area contributed by atoms with Gasteiger partial charge < -0.3 is 43.1 Å². The highest BCUT2D eigenvalue weighted by Gasteiger charge is 2.30. The van der Waals surface area contributed by atoms with E-state index in [-0.39, 0.29) is 25.7 Å². The second-order valence-electron chi connectivity index (χ2n) is 22.6. The predicted octanol–water partition coefficient (Wildman–Crippen LogP) is 18.3. The number of phosphoric acid groups is 1. The zero-order valence-corrected chi connectivity index (χ0v) is 57.3. The number of carbonyl (C=O) groups excluding carboxylic acids is 4. The zero-order valence-electron chi connectivity index (χ0n) is 55.5. The largest absolute Gasteiger partial charge is 0.472 e. The van der Waals surface area contributed by atoms with Crippen LogP contribution in [-0.2, 0) is 65.6 Å². The Balaban J connectivity index is 5.36. The molecule has 6 unspecified atom stereocenters. The van der Waals surface area contributed by atoms with Gasteiger partial charge in [0, 0.05) is 25.7 Å². The molecule has 0 aliphatic heterocycles. The van der Waals surface area contributed by atoms with Crippen molar-refractivity contribution >= 4 is 39.3 Å². The summed E-state index contributed by atoms with van der Waals surface area (Å²) in [5.74, 6) is -1.76. The first-order valence-corrected chi connectivity index (χ1v) is 37.1. The number of ether oxygens (including phenoxy) is 5. The molecule has 0 aliphatic carbocycles. The highest BCUT2D eigenvalue weighted by Crippen LogP contribution is 2.45. The van der Waals surface area contributed by atoms with Gasteiger partial charge in [-0.05, 0) is 128 Å². The second kappa shape index (κ2) is 61.5. The molecular formula is C70H120O17P2. The van der Waals surface area contributed by atoms with Crippen LogP contribution in [0, 0.1) is 5.92 Å². The fourth-order valence-corrected chi connectivity index (χ4v) is 10.0. The van der Waals surface area contributed by atoms with Crippen molar-refractivity contribution in [1.82, 2.24) is 0 Å². The van der Waals surface area contributed by atoms with Crippen molar-refractivity contribution < 1.29 is 80.5 Å². The Labute approximate surface area is 537 Å². The molecule has 0 saturated heterocycles. The van der Waals surface area contributed by atoms with Gasteiger partial charge >= 0.3 is 39.3 Å². The van der Waals surface area contributed by atoms with Gasteiger partial charge in [-0.1, -0.05) is 208 Å². The molecule has 0 heterocycles. The minimum Gasteiger partial charge on any atom is -0.462 e. The van der Waals surface area contributed by atoms with Crippen molar-refractivity contribution in [3.63, 3.8) is 0 Å². The second-order valence-corrected chi connectivity index (χ2v) is 25.8. The van der Waals surface area contributed by atoms with Crippen LogP contribution >= 0.6 is 15.4 Å². The van der Waals surface area contributed by atoms with Crippen LogP contribution in [0.2, 0.25) is 0 Å². The van der Waals surface area contributed by atoms with Crippen LogP contribution in [-0.4, -0.2) is 96.7 Å².